The number of aryl methyl sites for hydroxylation is 1. The molecule has 0 radical (unpaired) electrons. The summed E-state index contributed by atoms with van der Waals surface area (Å²) in [5.74, 6) is 0.933. The molecule has 1 aliphatic carbocycles. The van der Waals surface area contributed by atoms with Crippen LogP contribution in [-0.2, 0) is 0 Å². The van der Waals surface area contributed by atoms with Gasteiger partial charge < -0.3 is 5.32 Å². The first kappa shape index (κ1) is 13.6. The highest BCUT2D eigenvalue weighted by Gasteiger charge is 2.20. The molecule has 1 aromatic heterocycles. The molecule has 1 fully saturated rings. The fourth-order valence-electron chi connectivity index (χ4n) is 2.79. The lowest BCUT2D eigenvalue weighted by molar-refractivity contribution is 0.307. The molecule has 0 aliphatic heterocycles. The maximum atomic E-state index is 3.63. The molecule has 1 atom stereocenters. The minimum Gasteiger partial charge on any atom is -0.312 e. The Hall–Kier alpha value is 0.140. The maximum Gasteiger partial charge on any atom is 0.0731 e. The van der Waals surface area contributed by atoms with Crippen molar-refractivity contribution in [3.8, 4) is 0 Å². The topological polar surface area (TPSA) is 12.0 Å². The van der Waals surface area contributed by atoms with Gasteiger partial charge in [0, 0.05) is 10.9 Å². The molecule has 1 saturated carbocycles. The van der Waals surface area contributed by atoms with E-state index >= 15 is 0 Å². The minimum atomic E-state index is 0.549. The van der Waals surface area contributed by atoms with Crippen LogP contribution in [0.3, 0.4) is 0 Å². The molecule has 1 nitrogen and oxygen atoms in total. The van der Waals surface area contributed by atoms with Crippen LogP contribution in [0.15, 0.2) is 9.85 Å². The van der Waals surface area contributed by atoms with E-state index in [1.54, 1.807) is 0 Å². The molecular formula is C14H22BrNS. The van der Waals surface area contributed by atoms with Crippen LogP contribution in [0, 0.1) is 12.8 Å². The zero-order chi connectivity index (χ0) is 12.3. The average molecular weight is 316 g/mol. The van der Waals surface area contributed by atoms with Crippen molar-refractivity contribution in [1.29, 1.82) is 0 Å². The fourth-order valence-corrected chi connectivity index (χ4v) is 4.48. The number of hydrogen-bond acceptors (Lipinski definition) is 2. The number of nitrogens with one attached hydrogen (secondary N) is 1. The van der Waals surface area contributed by atoms with Gasteiger partial charge in [-0.25, -0.2) is 0 Å². The second-order valence-corrected chi connectivity index (χ2v) is 7.59. The Morgan fingerprint density at radius 2 is 2.12 bits per heavy atom. The standard InChI is InChI=1S/C14H22BrNS/c1-10-8-13(17-14(10)15)12(16-2)9-11-6-4-3-5-7-11/h8,11-12,16H,3-7,9H2,1-2H3. The van der Waals surface area contributed by atoms with Crippen molar-refractivity contribution in [2.75, 3.05) is 7.05 Å². The van der Waals surface area contributed by atoms with Gasteiger partial charge in [0.15, 0.2) is 0 Å². The molecule has 0 amide bonds. The lowest BCUT2D eigenvalue weighted by Gasteiger charge is -2.25. The van der Waals surface area contributed by atoms with Gasteiger partial charge in [0.05, 0.1) is 3.79 Å². The molecule has 2 rings (SSSR count). The van der Waals surface area contributed by atoms with Gasteiger partial charge in [0.25, 0.3) is 0 Å². The van der Waals surface area contributed by atoms with Crippen LogP contribution in [0.1, 0.15) is 55.0 Å². The van der Waals surface area contributed by atoms with E-state index in [-0.39, 0.29) is 0 Å². The SMILES string of the molecule is CNC(CC1CCCCC1)c1cc(C)c(Br)s1. The summed E-state index contributed by atoms with van der Waals surface area (Å²) < 4.78 is 1.29. The summed E-state index contributed by atoms with van der Waals surface area (Å²) in [7, 11) is 2.09. The Bertz CT molecular complexity index is 336. The summed E-state index contributed by atoms with van der Waals surface area (Å²) in [6.45, 7) is 2.18. The van der Waals surface area contributed by atoms with E-state index in [1.807, 2.05) is 11.3 Å². The minimum absolute atomic E-state index is 0.549. The molecular weight excluding hydrogens is 294 g/mol. The molecule has 0 saturated heterocycles. The van der Waals surface area contributed by atoms with Crippen molar-refractivity contribution in [1.82, 2.24) is 5.32 Å². The van der Waals surface area contributed by atoms with Crippen LogP contribution in [0.2, 0.25) is 0 Å². The van der Waals surface area contributed by atoms with E-state index in [1.165, 1.54) is 52.8 Å². The highest BCUT2D eigenvalue weighted by atomic mass is 79.9. The highest BCUT2D eigenvalue weighted by molar-refractivity contribution is 9.11. The lowest BCUT2D eigenvalue weighted by Crippen LogP contribution is -2.20. The lowest BCUT2D eigenvalue weighted by atomic mass is 9.84. The monoisotopic (exact) mass is 315 g/mol. The quantitative estimate of drug-likeness (QED) is 0.819. The third-order valence-electron chi connectivity index (χ3n) is 3.86. The van der Waals surface area contributed by atoms with E-state index in [4.69, 9.17) is 0 Å². The van der Waals surface area contributed by atoms with Gasteiger partial charge in [-0.05, 0) is 53.9 Å². The Kier molecular flexibility index (Phi) is 5.07. The van der Waals surface area contributed by atoms with Crippen molar-refractivity contribution in [2.45, 2.75) is 51.5 Å². The molecule has 1 aromatic rings. The van der Waals surface area contributed by atoms with E-state index < -0.39 is 0 Å². The second-order valence-electron chi connectivity index (χ2n) is 5.19. The Morgan fingerprint density at radius 1 is 1.41 bits per heavy atom. The first-order valence-corrected chi connectivity index (χ1v) is 8.24. The zero-order valence-corrected chi connectivity index (χ0v) is 13.2. The number of hydrogen-bond donors (Lipinski definition) is 1. The fraction of sp³-hybridized carbons (Fsp3) is 0.714. The number of thiophene rings is 1. The molecule has 0 aromatic carbocycles. The van der Waals surface area contributed by atoms with Gasteiger partial charge in [-0.2, -0.15) is 0 Å². The number of halogens is 1. The molecule has 0 bridgehead atoms. The van der Waals surface area contributed by atoms with E-state index in [0.29, 0.717) is 6.04 Å². The Balaban J connectivity index is 2.00. The van der Waals surface area contributed by atoms with Gasteiger partial charge in [0.2, 0.25) is 0 Å². The third kappa shape index (κ3) is 3.55. The van der Waals surface area contributed by atoms with Crippen LogP contribution >= 0.6 is 27.3 Å². The molecule has 17 heavy (non-hydrogen) atoms. The van der Waals surface area contributed by atoms with E-state index in [9.17, 15) is 0 Å². The highest BCUT2D eigenvalue weighted by Crippen LogP contribution is 2.36. The molecule has 0 spiro atoms. The van der Waals surface area contributed by atoms with Crippen molar-refractivity contribution in [3.05, 3.63) is 20.3 Å². The molecule has 3 heteroatoms. The zero-order valence-electron chi connectivity index (χ0n) is 10.8. The molecule has 1 heterocycles. The second kappa shape index (κ2) is 6.35. The number of rotatable bonds is 4. The summed E-state index contributed by atoms with van der Waals surface area (Å²) in [5, 5.41) is 3.50. The van der Waals surface area contributed by atoms with Crippen LogP contribution in [-0.4, -0.2) is 7.05 Å². The predicted molar refractivity (Wildman–Crippen MR) is 79.7 cm³/mol. The predicted octanol–water partition coefficient (Wildman–Crippen LogP) is 5.05. The Morgan fingerprint density at radius 3 is 2.65 bits per heavy atom. The van der Waals surface area contributed by atoms with Crippen LogP contribution in [0.5, 0.6) is 0 Å². The smallest absolute Gasteiger partial charge is 0.0731 e. The average Bonchev–Trinajstić information content (AvgIpc) is 2.68. The molecule has 1 N–H and O–H groups in total. The van der Waals surface area contributed by atoms with Crippen LogP contribution < -0.4 is 5.32 Å². The largest absolute Gasteiger partial charge is 0.312 e. The molecule has 1 aliphatic rings. The summed E-state index contributed by atoms with van der Waals surface area (Å²) >= 11 is 5.52. The van der Waals surface area contributed by atoms with E-state index in [2.05, 4.69) is 41.3 Å². The van der Waals surface area contributed by atoms with Gasteiger partial charge in [-0.1, -0.05) is 32.1 Å². The van der Waals surface area contributed by atoms with Gasteiger partial charge in [0.1, 0.15) is 0 Å². The first-order valence-electron chi connectivity index (χ1n) is 6.63. The van der Waals surface area contributed by atoms with Crippen LogP contribution in [0.4, 0.5) is 0 Å². The summed E-state index contributed by atoms with van der Waals surface area (Å²) in [4.78, 5) is 1.49. The molecule has 1 unspecified atom stereocenters. The van der Waals surface area contributed by atoms with E-state index in [0.717, 1.165) is 5.92 Å². The normalized spacial score (nSPS) is 19.5. The van der Waals surface area contributed by atoms with Gasteiger partial charge in [-0.3, -0.25) is 0 Å². The summed E-state index contributed by atoms with van der Waals surface area (Å²) in [6.07, 6.45) is 8.50. The first-order chi connectivity index (χ1) is 8.20. The van der Waals surface area contributed by atoms with Crippen molar-refractivity contribution >= 4 is 27.3 Å². The molecule has 96 valence electrons. The van der Waals surface area contributed by atoms with Gasteiger partial charge >= 0.3 is 0 Å². The maximum absolute atomic E-state index is 3.63. The summed E-state index contributed by atoms with van der Waals surface area (Å²) in [5.41, 5.74) is 1.37. The third-order valence-corrected chi connectivity index (χ3v) is 6.11. The van der Waals surface area contributed by atoms with Gasteiger partial charge in [-0.15, -0.1) is 11.3 Å². The van der Waals surface area contributed by atoms with Crippen molar-refractivity contribution in [2.24, 2.45) is 5.92 Å². The summed E-state index contributed by atoms with van der Waals surface area (Å²) in [6, 6.07) is 2.88. The Labute approximate surface area is 117 Å². The van der Waals surface area contributed by atoms with Crippen molar-refractivity contribution < 1.29 is 0 Å². The van der Waals surface area contributed by atoms with Crippen LogP contribution in [0.25, 0.3) is 0 Å². The van der Waals surface area contributed by atoms with Crippen molar-refractivity contribution in [3.63, 3.8) is 0 Å².